The van der Waals surface area contributed by atoms with Gasteiger partial charge in [0.15, 0.2) is 5.82 Å². The predicted octanol–water partition coefficient (Wildman–Crippen LogP) is 2.29. The van der Waals surface area contributed by atoms with Gasteiger partial charge < -0.3 is 4.52 Å². The van der Waals surface area contributed by atoms with Crippen molar-refractivity contribution in [2.75, 3.05) is 6.54 Å². The molecule has 1 aromatic heterocycles. The Bertz CT molecular complexity index is 712. The topological polar surface area (TPSA) is 76.3 Å². The summed E-state index contributed by atoms with van der Waals surface area (Å²) in [6.07, 6.45) is 2.50. The van der Waals surface area contributed by atoms with Crippen molar-refractivity contribution in [3.63, 3.8) is 0 Å². The smallest absolute Gasteiger partial charge is 0.245 e. The molecule has 112 valence electrons. The van der Waals surface area contributed by atoms with E-state index in [-0.39, 0.29) is 6.04 Å². The summed E-state index contributed by atoms with van der Waals surface area (Å²) in [5, 5.41) is 3.77. The summed E-state index contributed by atoms with van der Waals surface area (Å²) < 4.78 is 32.3. The van der Waals surface area contributed by atoms with E-state index in [9.17, 15) is 8.42 Å². The lowest BCUT2D eigenvalue weighted by Crippen LogP contribution is -2.38. The highest BCUT2D eigenvalue weighted by atomic mass is 32.2. The van der Waals surface area contributed by atoms with Crippen molar-refractivity contribution in [2.45, 2.75) is 37.1 Å². The molecule has 0 radical (unpaired) electrons. The van der Waals surface area contributed by atoms with Gasteiger partial charge in [0, 0.05) is 6.54 Å². The fourth-order valence-corrected chi connectivity index (χ4v) is 4.29. The Hall–Kier alpha value is -1.73. The first-order chi connectivity index (χ1) is 10.1. The molecule has 2 heterocycles. The van der Waals surface area contributed by atoms with Crippen molar-refractivity contribution in [3.8, 4) is 0 Å². The molecule has 1 unspecified atom stereocenters. The van der Waals surface area contributed by atoms with E-state index < -0.39 is 10.0 Å². The van der Waals surface area contributed by atoms with E-state index in [0.29, 0.717) is 29.6 Å². The van der Waals surface area contributed by atoms with E-state index in [2.05, 4.69) is 10.1 Å². The van der Waals surface area contributed by atoms with Crippen LogP contribution in [0, 0.1) is 6.92 Å². The molecule has 0 aliphatic carbocycles. The standard InChI is InChI=1S/C14H17N3O3S/c1-11-15-14(20-16-11)13-9-5-6-10-17(13)21(18,19)12-7-3-2-4-8-12/h2-4,7-8,13H,5-6,9-10H2,1H3. The summed E-state index contributed by atoms with van der Waals surface area (Å²) in [6.45, 7) is 2.20. The zero-order valence-corrected chi connectivity index (χ0v) is 12.6. The summed E-state index contributed by atoms with van der Waals surface area (Å²) in [7, 11) is -3.54. The molecule has 6 nitrogen and oxygen atoms in total. The second-order valence-electron chi connectivity index (χ2n) is 5.12. The third-order valence-corrected chi connectivity index (χ3v) is 5.55. The maximum absolute atomic E-state index is 12.8. The Labute approximate surface area is 123 Å². The number of nitrogens with zero attached hydrogens (tertiary/aromatic N) is 3. The molecule has 3 rings (SSSR count). The Kier molecular flexibility index (Phi) is 3.77. The molecule has 21 heavy (non-hydrogen) atoms. The molecule has 1 aliphatic rings. The Morgan fingerprint density at radius 2 is 2.00 bits per heavy atom. The Balaban J connectivity index is 1.98. The first-order valence-electron chi connectivity index (χ1n) is 6.96. The van der Waals surface area contributed by atoms with Crippen LogP contribution < -0.4 is 0 Å². The molecule has 1 saturated heterocycles. The van der Waals surface area contributed by atoms with Crippen molar-refractivity contribution in [1.29, 1.82) is 0 Å². The molecule has 0 saturated carbocycles. The van der Waals surface area contributed by atoms with Gasteiger partial charge in [-0.15, -0.1) is 0 Å². The quantitative estimate of drug-likeness (QED) is 0.869. The fourth-order valence-electron chi connectivity index (χ4n) is 2.62. The lowest BCUT2D eigenvalue weighted by Gasteiger charge is -2.32. The summed E-state index contributed by atoms with van der Waals surface area (Å²) >= 11 is 0. The highest BCUT2D eigenvalue weighted by Crippen LogP contribution is 2.34. The van der Waals surface area contributed by atoms with E-state index >= 15 is 0 Å². The summed E-state index contributed by atoms with van der Waals surface area (Å²) in [5.41, 5.74) is 0. The van der Waals surface area contributed by atoms with Crippen molar-refractivity contribution in [3.05, 3.63) is 42.0 Å². The third-order valence-electron chi connectivity index (χ3n) is 3.63. The molecular weight excluding hydrogens is 290 g/mol. The first kappa shape index (κ1) is 14.2. The van der Waals surface area contributed by atoms with Crippen LogP contribution in [0.3, 0.4) is 0 Å². The predicted molar refractivity (Wildman–Crippen MR) is 76.0 cm³/mol. The van der Waals surface area contributed by atoms with Crippen LogP contribution in [0.5, 0.6) is 0 Å². The summed E-state index contributed by atoms with van der Waals surface area (Å²) in [5.74, 6) is 0.902. The lowest BCUT2D eigenvalue weighted by atomic mass is 10.1. The van der Waals surface area contributed by atoms with Gasteiger partial charge in [0.05, 0.1) is 4.90 Å². The maximum atomic E-state index is 12.8. The Morgan fingerprint density at radius 3 is 2.67 bits per heavy atom. The molecule has 1 fully saturated rings. The molecule has 1 aromatic carbocycles. The van der Waals surface area contributed by atoms with Crippen LogP contribution in [0.15, 0.2) is 39.8 Å². The van der Waals surface area contributed by atoms with Gasteiger partial charge in [-0.3, -0.25) is 0 Å². The van der Waals surface area contributed by atoms with Gasteiger partial charge in [0.25, 0.3) is 0 Å². The minimum atomic E-state index is -3.54. The number of rotatable bonds is 3. The molecule has 0 amide bonds. The maximum Gasteiger partial charge on any atom is 0.245 e. The second-order valence-corrected chi connectivity index (χ2v) is 7.01. The van der Waals surface area contributed by atoms with Crippen LogP contribution in [0.1, 0.15) is 37.0 Å². The van der Waals surface area contributed by atoms with Crippen LogP contribution >= 0.6 is 0 Å². The summed E-state index contributed by atoms with van der Waals surface area (Å²) in [6, 6.07) is 8.10. The normalized spacial score (nSPS) is 20.5. The van der Waals surface area contributed by atoms with Crippen LogP contribution in [0.4, 0.5) is 0 Å². The van der Waals surface area contributed by atoms with Crippen molar-refractivity contribution >= 4 is 10.0 Å². The average Bonchev–Trinajstić information content (AvgIpc) is 2.95. The molecular formula is C14H17N3O3S. The van der Waals surface area contributed by atoms with Gasteiger partial charge >= 0.3 is 0 Å². The minimum absolute atomic E-state index is 0.299. The zero-order chi connectivity index (χ0) is 14.9. The minimum Gasteiger partial charge on any atom is -0.338 e. The fraction of sp³-hybridized carbons (Fsp3) is 0.429. The largest absolute Gasteiger partial charge is 0.338 e. The Morgan fingerprint density at radius 1 is 1.24 bits per heavy atom. The van der Waals surface area contributed by atoms with Crippen molar-refractivity contribution in [2.24, 2.45) is 0 Å². The lowest BCUT2D eigenvalue weighted by molar-refractivity contribution is 0.204. The first-order valence-corrected chi connectivity index (χ1v) is 8.40. The van der Waals surface area contributed by atoms with E-state index in [1.165, 1.54) is 4.31 Å². The van der Waals surface area contributed by atoms with Crippen molar-refractivity contribution < 1.29 is 12.9 Å². The van der Waals surface area contributed by atoms with Gasteiger partial charge in [0.1, 0.15) is 6.04 Å². The van der Waals surface area contributed by atoms with E-state index in [0.717, 1.165) is 12.8 Å². The molecule has 1 aliphatic heterocycles. The highest BCUT2D eigenvalue weighted by molar-refractivity contribution is 7.89. The number of sulfonamides is 1. The molecule has 0 N–H and O–H groups in total. The van der Waals surface area contributed by atoms with Crippen LogP contribution in [-0.4, -0.2) is 29.4 Å². The van der Waals surface area contributed by atoms with E-state index in [4.69, 9.17) is 4.52 Å². The SMILES string of the molecule is Cc1noc(C2CCCCN2S(=O)(=O)c2ccccc2)n1. The number of hydrogen-bond donors (Lipinski definition) is 0. The van der Waals surface area contributed by atoms with Crippen LogP contribution in [0.2, 0.25) is 0 Å². The molecule has 2 aromatic rings. The monoisotopic (exact) mass is 307 g/mol. The van der Waals surface area contributed by atoms with Gasteiger partial charge in [-0.25, -0.2) is 8.42 Å². The summed E-state index contributed by atoms with van der Waals surface area (Å²) in [4.78, 5) is 4.51. The zero-order valence-electron chi connectivity index (χ0n) is 11.8. The average molecular weight is 307 g/mol. The van der Waals surface area contributed by atoms with Crippen molar-refractivity contribution in [1.82, 2.24) is 14.4 Å². The second kappa shape index (κ2) is 5.57. The van der Waals surface area contributed by atoms with Gasteiger partial charge in [-0.05, 0) is 31.9 Å². The van der Waals surface area contributed by atoms with Crippen LogP contribution in [0.25, 0.3) is 0 Å². The molecule has 0 bridgehead atoms. The van der Waals surface area contributed by atoms with Gasteiger partial charge in [0.2, 0.25) is 15.9 Å². The van der Waals surface area contributed by atoms with Crippen LogP contribution in [-0.2, 0) is 10.0 Å². The molecule has 1 atom stereocenters. The number of hydrogen-bond acceptors (Lipinski definition) is 5. The third kappa shape index (κ3) is 2.71. The molecule has 7 heteroatoms. The van der Waals surface area contributed by atoms with E-state index in [1.54, 1.807) is 37.3 Å². The number of aromatic nitrogens is 2. The molecule has 0 spiro atoms. The van der Waals surface area contributed by atoms with Gasteiger partial charge in [-0.1, -0.05) is 29.8 Å². The highest BCUT2D eigenvalue weighted by Gasteiger charge is 2.37. The van der Waals surface area contributed by atoms with Gasteiger partial charge in [-0.2, -0.15) is 9.29 Å². The number of aryl methyl sites for hydroxylation is 1. The number of benzene rings is 1. The number of piperidine rings is 1. The van der Waals surface area contributed by atoms with E-state index in [1.807, 2.05) is 0 Å².